The first-order valence-corrected chi connectivity index (χ1v) is 7.84. The average molecular weight is 332 g/mol. The molecule has 0 unspecified atom stereocenters. The molecule has 0 spiro atoms. The van der Waals surface area contributed by atoms with Crippen molar-refractivity contribution in [2.24, 2.45) is 5.73 Å². The van der Waals surface area contributed by atoms with E-state index in [2.05, 4.69) is 40.2 Å². The van der Waals surface area contributed by atoms with Crippen LogP contribution < -0.4 is 10.5 Å². The van der Waals surface area contributed by atoms with E-state index >= 15 is 0 Å². The fourth-order valence-corrected chi connectivity index (χ4v) is 3.25. The first-order chi connectivity index (χ1) is 9.76. The third-order valence-corrected chi connectivity index (χ3v) is 4.48. The Morgan fingerprint density at radius 2 is 1.75 bits per heavy atom. The van der Waals surface area contributed by atoms with Gasteiger partial charge in [-0.1, -0.05) is 28.1 Å². The van der Waals surface area contributed by atoms with Gasteiger partial charge in [-0.3, -0.25) is 0 Å². The molecule has 104 valence electrons. The predicted molar refractivity (Wildman–Crippen MR) is 85.4 cm³/mol. The van der Waals surface area contributed by atoms with E-state index < -0.39 is 0 Å². The van der Waals surface area contributed by atoms with E-state index in [0.717, 1.165) is 22.4 Å². The summed E-state index contributed by atoms with van der Waals surface area (Å²) in [7, 11) is 0. The Morgan fingerprint density at radius 1 is 1.00 bits per heavy atom. The maximum absolute atomic E-state index is 5.96. The number of aryl methyl sites for hydroxylation is 2. The van der Waals surface area contributed by atoms with E-state index in [0.29, 0.717) is 6.54 Å². The highest BCUT2D eigenvalue weighted by atomic mass is 79.9. The molecule has 2 aromatic rings. The Hall–Kier alpha value is -1.32. The summed E-state index contributed by atoms with van der Waals surface area (Å²) in [4.78, 5) is 0. The Kier molecular flexibility index (Phi) is 4.08. The molecule has 0 atom stereocenters. The summed E-state index contributed by atoms with van der Waals surface area (Å²) in [6.45, 7) is 0.656. The molecule has 0 aliphatic heterocycles. The van der Waals surface area contributed by atoms with E-state index in [1.54, 1.807) is 0 Å². The third-order valence-electron chi connectivity index (χ3n) is 3.74. The third kappa shape index (κ3) is 2.89. The summed E-state index contributed by atoms with van der Waals surface area (Å²) in [5.74, 6) is 1.78. The molecule has 1 aliphatic rings. The van der Waals surface area contributed by atoms with Crippen LogP contribution >= 0.6 is 15.9 Å². The second-order valence-electron chi connectivity index (χ2n) is 5.18. The lowest BCUT2D eigenvalue weighted by molar-refractivity contribution is 0.481. The first kappa shape index (κ1) is 13.7. The monoisotopic (exact) mass is 331 g/mol. The molecule has 0 bridgehead atoms. The Morgan fingerprint density at radius 3 is 2.55 bits per heavy atom. The van der Waals surface area contributed by atoms with Crippen molar-refractivity contribution < 1.29 is 4.74 Å². The smallest absolute Gasteiger partial charge is 0.128 e. The molecule has 1 aliphatic carbocycles. The fourth-order valence-electron chi connectivity index (χ4n) is 2.70. The Labute approximate surface area is 128 Å². The number of hydrogen-bond donors (Lipinski definition) is 1. The van der Waals surface area contributed by atoms with Crippen molar-refractivity contribution in [1.29, 1.82) is 0 Å². The summed E-state index contributed by atoms with van der Waals surface area (Å²) in [5, 5.41) is 0. The van der Waals surface area contributed by atoms with Gasteiger partial charge in [0.05, 0.1) is 0 Å². The summed E-state index contributed by atoms with van der Waals surface area (Å²) in [5.41, 5.74) is 9.71. The highest BCUT2D eigenvalue weighted by Gasteiger charge is 2.11. The van der Waals surface area contributed by atoms with Crippen molar-refractivity contribution in [2.45, 2.75) is 25.7 Å². The van der Waals surface area contributed by atoms with Crippen LogP contribution in [0.2, 0.25) is 0 Å². The van der Waals surface area contributed by atoms with Gasteiger partial charge in [0, 0.05) is 4.47 Å². The maximum atomic E-state index is 5.96. The van der Waals surface area contributed by atoms with Gasteiger partial charge in [-0.15, -0.1) is 0 Å². The van der Waals surface area contributed by atoms with Crippen LogP contribution in [0.5, 0.6) is 11.5 Å². The molecule has 2 aromatic carbocycles. The number of nitrogens with two attached hydrogens (primary N) is 1. The SMILES string of the molecule is NCCc1ccc(Oc2ccc3c(c2)CCC3)cc1Br. The van der Waals surface area contributed by atoms with Crippen LogP contribution in [0.25, 0.3) is 0 Å². The number of hydrogen-bond acceptors (Lipinski definition) is 2. The molecule has 0 amide bonds. The minimum atomic E-state index is 0.656. The number of halogens is 1. The van der Waals surface area contributed by atoms with E-state index in [-0.39, 0.29) is 0 Å². The summed E-state index contributed by atoms with van der Waals surface area (Å²) in [6, 6.07) is 12.5. The molecule has 0 fully saturated rings. The highest BCUT2D eigenvalue weighted by molar-refractivity contribution is 9.10. The Bertz CT molecular complexity index is 624. The zero-order valence-corrected chi connectivity index (χ0v) is 12.9. The van der Waals surface area contributed by atoms with Gasteiger partial charge < -0.3 is 10.5 Å². The molecule has 2 nitrogen and oxygen atoms in total. The predicted octanol–water partition coefficient (Wildman–Crippen LogP) is 4.23. The molecule has 3 heteroatoms. The molecule has 0 saturated carbocycles. The number of benzene rings is 2. The van der Waals surface area contributed by atoms with Gasteiger partial charge in [0.1, 0.15) is 11.5 Å². The molecule has 0 aromatic heterocycles. The fraction of sp³-hybridized carbons (Fsp3) is 0.294. The molecule has 0 saturated heterocycles. The van der Waals surface area contributed by atoms with Gasteiger partial charge in [-0.25, -0.2) is 0 Å². The summed E-state index contributed by atoms with van der Waals surface area (Å²) < 4.78 is 7.01. The molecule has 2 N–H and O–H groups in total. The van der Waals surface area contributed by atoms with E-state index in [1.165, 1.54) is 36.0 Å². The molecular formula is C17H18BrNO. The molecule has 0 heterocycles. The molecule has 0 radical (unpaired) electrons. The zero-order chi connectivity index (χ0) is 13.9. The van der Waals surface area contributed by atoms with Crippen molar-refractivity contribution in [2.75, 3.05) is 6.54 Å². The highest BCUT2D eigenvalue weighted by Crippen LogP contribution is 2.31. The standard InChI is InChI=1S/C17H18BrNO/c18-17-11-16(7-5-13(17)8-9-19)20-15-6-4-12-2-1-3-14(12)10-15/h4-7,10-11H,1-3,8-9,19H2. The van der Waals surface area contributed by atoms with Crippen LogP contribution in [0.4, 0.5) is 0 Å². The van der Waals surface area contributed by atoms with Crippen LogP contribution in [0.3, 0.4) is 0 Å². The quantitative estimate of drug-likeness (QED) is 0.909. The number of ether oxygens (including phenoxy) is 1. The summed E-state index contributed by atoms with van der Waals surface area (Å²) in [6.07, 6.45) is 4.51. The molecule has 3 rings (SSSR count). The lowest BCUT2D eigenvalue weighted by atomic mass is 10.1. The van der Waals surface area contributed by atoms with Gasteiger partial charge in [-0.05, 0) is 73.2 Å². The van der Waals surface area contributed by atoms with Crippen molar-refractivity contribution in [3.8, 4) is 11.5 Å². The Balaban J connectivity index is 1.79. The van der Waals surface area contributed by atoms with Crippen molar-refractivity contribution in [3.63, 3.8) is 0 Å². The maximum Gasteiger partial charge on any atom is 0.128 e. The largest absolute Gasteiger partial charge is 0.457 e. The second-order valence-corrected chi connectivity index (χ2v) is 6.03. The van der Waals surface area contributed by atoms with Gasteiger partial charge in [-0.2, -0.15) is 0 Å². The lowest BCUT2D eigenvalue weighted by Crippen LogP contribution is -2.03. The topological polar surface area (TPSA) is 35.2 Å². The van der Waals surface area contributed by atoms with Crippen molar-refractivity contribution in [1.82, 2.24) is 0 Å². The minimum Gasteiger partial charge on any atom is -0.457 e. The zero-order valence-electron chi connectivity index (χ0n) is 11.4. The number of fused-ring (bicyclic) bond motifs is 1. The van der Waals surface area contributed by atoms with Crippen LogP contribution in [0.15, 0.2) is 40.9 Å². The molecular weight excluding hydrogens is 314 g/mol. The van der Waals surface area contributed by atoms with Gasteiger partial charge in [0.2, 0.25) is 0 Å². The molecule has 20 heavy (non-hydrogen) atoms. The lowest BCUT2D eigenvalue weighted by Gasteiger charge is -2.10. The van der Waals surface area contributed by atoms with Gasteiger partial charge in [0.15, 0.2) is 0 Å². The van der Waals surface area contributed by atoms with Crippen LogP contribution in [-0.4, -0.2) is 6.54 Å². The second kappa shape index (κ2) is 5.98. The van der Waals surface area contributed by atoms with Crippen molar-refractivity contribution in [3.05, 3.63) is 57.6 Å². The normalized spacial score (nSPS) is 13.3. The van der Waals surface area contributed by atoms with Crippen LogP contribution in [0.1, 0.15) is 23.1 Å². The van der Waals surface area contributed by atoms with Crippen LogP contribution in [0, 0.1) is 0 Å². The van der Waals surface area contributed by atoms with E-state index in [4.69, 9.17) is 10.5 Å². The minimum absolute atomic E-state index is 0.656. The van der Waals surface area contributed by atoms with E-state index in [1.807, 2.05) is 12.1 Å². The average Bonchev–Trinajstić information content (AvgIpc) is 2.89. The van der Waals surface area contributed by atoms with Crippen LogP contribution in [-0.2, 0) is 19.3 Å². The summed E-state index contributed by atoms with van der Waals surface area (Å²) >= 11 is 3.58. The van der Waals surface area contributed by atoms with E-state index in [9.17, 15) is 0 Å². The number of rotatable bonds is 4. The van der Waals surface area contributed by atoms with Gasteiger partial charge >= 0.3 is 0 Å². The first-order valence-electron chi connectivity index (χ1n) is 7.04. The van der Waals surface area contributed by atoms with Gasteiger partial charge in [0.25, 0.3) is 0 Å². The van der Waals surface area contributed by atoms with Crippen molar-refractivity contribution >= 4 is 15.9 Å².